The monoisotopic (exact) mass is 282 g/mol. The van der Waals surface area contributed by atoms with E-state index >= 15 is 0 Å². The molecule has 1 amide bonds. The summed E-state index contributed by atoms with van der Waals surface area (Å²) >= 11 is 0. The molecule has 0 fully saturated rings. The highest BCUT2D eigenvalue weighted by Gasteiger charge is 2.18. The van der Waals surface area contributed by atoms with Crippen LogP contribution in [0.5, 0.6) is 0 Å². The van der Waals surface area contributed by atoms with Crippen LogP contribution in [0.3, 0.4) is 0 Å². The first-order valence-electron chi connectivity index (χ1n) is 7.15. The minimum atomic E-state index is -0.222. The Kier molecular flexibility index (Phi) is 3.81. The third-order valence-electron chi connectivity index (χ3n) is 3.82. The second-order valence-corrected chi connectivity index (χ2v) is 5.24. The maximum Gasteiger partial charge on any atom is 0.271 e. The highest BCUT2D eigenvalue weighted by molar-refractivity contribution is 5.91. The van der Waals surface area contributed by atoms with Crippen LogP contribution in [0, 0.1) is 0 Å². The van der Waals surface area contributed by atoms with Crippen molar-refractivity contribution in [1.82, 2.24) is 15.5 Å². The highest BCUT2D eigenvalue weighted by Crippen LogP contribution is 2.22. The summed E-state index contributed by atoms with van der Waals surface area (Å²) in [7, 11) is 1.58. The lowest BCUT2D eigenvalue weighted by molar-refractivity contribution is 0.0957. The first-order chi connectivity index (χ1) is 10.3. The number of fused-ring (bicyclic) bond motifs is 1. The van der Waals surface area contributed by atoms with E-state index in [0.717, 1.165) is 19.3 Å². The number of aromatic nitrogens is 2. The van der Waals surface area contributed by atoms with Crippen LogP contribution in [0.1, 0.15) is 28.0 Å². The molecule has 0 radical (unpaired) electrons. The minimum Gasteiger partial charge on any atom is -0.366 e. The number of hydrogen-bond donors (Lipinski definition) is 2. The Morgan fingerprint density at radius 3 is 2.67 bits per heavy atom. The Morgan fingerprint density at radius 2 is 1.95 bits per heavy atom. The van der Waals surface area contributed by atoms with Gasteiger partial charge in [0.05, 0.1) is 0 Å². The van der Waals surface area contributed by atoms with Crippen LogP contribution in [-0.4, -0.2) is 29.2 Å². The number of hydrogen-bond acceptors (Lipinski definition) is 4. The molecule has 5 heteroatoms. The van der Waals surface area contributed by atoms with E-state index in [1.165, 1.54) is 11.1 Å². The van der Waals surface area contributed by atoms with Gasteiger partial charge in [-0.25, -0.2) is 0 Å². The summed E-state index contributed by atoms with van der Waals surface area (Å²) in [6.45, 7) is 0. The van der Waals surface area contributed by atoms with E-state index in [4.69, 9.17) is 0 Å². The molecule has 21 heavy (non-hydrogen) atoms. The van der Waals surface area contributed by atoms with E-state index < -0.39 is 0 Å². The summed E-state index contributed by atoms with van der Waals surface area (Å²) in [6.07, 6.45) is 3.16. The van der Waals surface area contributed by atoms with Crippen LogP contribution >= 0.6 is 0 Å². The Hall–Kier alpha value is -2.43. The lowest BCUT2D eigenvalue weighted by Gasteiger charge is -2.25. The van der Waals surface area contributed by atoms with E-state index in [9.17, 15) is 4.79 Å². The topological polar surface area (TPSA) is 66.9 Å². The van der Waals surface area contributed by atoms with Gasteiger partial charge in [-0.15, -0.1) is 10.2 Å². The van der Waals surface area contributed by atoms with Crippen LogP contribution in [0.2, 0.25) is 0 Å². The van der Waals surface area contributed by atoms with Gasteiger partial charge < -0.3 is 10.6 Å². The third kappa shape index (κ3) is 3.02. The maximum absolute atomic E-state index is 11.4. The van der Waals surface area contributed by atoms with Crippen molar-refractivity contribution in [1.29, 1.82) is 0 Å². The van der Waals surface area contributed by atoms with Gasteiger partial charge in [0.15, 0.2) is 5.69 Å². The molecule has 0 spiro atoms. The molecule has 0 aliphatic heterocycles. The van der Waals surface area contributed by atoms with Gasteiger partial charge >= 0.3 is 0 Å². The Bertz CT molecular complexity index is 639. The quantitative estimate of drug-likeness (QED) is 0.901. The standard InChI is InChI=1S/C16H18N4O/c1-17-16(21)14-8-9-15(20-19-14)18-13-7-6-11-4-2-3-5-12(11)10-13/h2-5,8-9,13H,6-7,10H2,1H3,(H,17,21)(H,18,20). The van der Waals surface area contributed by atoms with E-state index in [1.807, 2.05) is 0 Å². The summed E-state index contributed by atoms with van der Waals surface area (Å²) < 4.78 is 0. The molecule has 2 N–H and O–H groups in total. The molecule has 1 aromatic heterocycles. The van der Waals surface area contributed by atoms with Crippen molar-refractivity contribution in [3.63, 3.8) is 0 Å². The second kappa shape index (κ2) is 5.91. The number of carbonyl (C=O) groups excluding carboxylic acids is 1. The largest absolute Gasteiger partial charge is 0.366 e. The van der Waals surface area contributed by atoms with Crippen molar-refractivity contribution in [2.45, 2.75) is 25.3 Å². The normalized spacial score (nSPS) is 16.9. The van der Waals surface area contributed by atoms with Crippen LogP contribution in [-0.2, 0) is 12.8 Å². The number of nitrogens with one attached hydrogen (secondary N) is 2. The van der Waals surface area contributed by atoms with Gasteiger partial charge in [-0.3, -0.25) is 4.79 Å². The fourth-order valence-corrected chi connectivity index (χ4v) is 2.69. The second-order valence-electron chi connectivity index (χ2n) is 5.24. The molecule has 1 aromatic carbocycles. The Labute approximate surface area is 123 Å². The third-order valence-corrected chi connectivity index (χ3v) is 3.82. The summed E-state index contributed by atoms with van der Waals surface area (Å²) in [5.74, 6) is 0.493. The van der Waals surface area contributed by atoms with Crippen molar-refractivity contribution in [3.05, 3.63) is 53.2 Å². The van der Waals surface area contributed by atoms with E-state index in [0.29, 0.717) is 17.6 Å². The zero-order chi connectivity index (χ0) is 14.7. The fourth-order valence-electron chi connectivity index (χ4n) is 2.69. The van der Waals surface area contributed by atoms with E-state index in [-0.39, 0.29) is 5.91 Å². The fraction of sp³-hybridized carbons (Fsp3) is 0.312. The molecular formula is C16H18N4O. The molecule has 2 aromatic rings. The average Bonchev–Trinajstić information content (AvgIpc) is 2.55. The molecule has 1 heterocycles. The first-order valence-corrected chi connectivity index (χ1v) is 7.15. The van der Waals surface area contributed by atoms with Crippen molar-refractivity contribution in [2.75, 3.05) is 12.4 Å². The molecule has 1 aliphatic carbocycles. The number of aryl methyl sites for hydroxylation is 1. The van der Waals surface area contributed by atoms with Gasteiger partial charge in [-0.05, 0) is 42.5 Å². The number of amides is 1. The van der Waals surface area contributed by atoms with E-state index in [2.05, 4.69) is 45.1 Å². The van der Waals surface area contributed by atoms with Crippen LogP contribution in [0.15, 0.2) is 36.4 Å². The van der Waals surface area contributed by atoms with E-state index in [1.54, 1.807) is 19.2 Å². The lowest BCUT2D eigenvalue weighted by atomic mass is 9.88. The zero-order valence-electron chi connectivity index (χ0n) is 12.0. The van der Waals surface area contributed by atoms with Crippen molar-refractivity contribution >= 4 is 11.7 Å². The minimum absolute atomic E-state index is 0.222. The van der Waals surface area contributed by atoms with Crippen LogP contribution in [0.4, 0.5) is 5.82 Å². The predicted molar refractivity (Wildman–Crippen MR) is 81.3 cm³/mol. The lowest BCUT2D eigenvalue weighted by Crippen LogP contribution is -2.28. The Morgan fingerprint density at radius 1 is 1.14 bits per heavy atom. The summed E-state index contributed by atoms with van der Waals surface area (Å²) in [5, 5.41) is 13.9. The summed E-state index contributed by atoms with van der Waals surface area (Å²) in [4.78, 5) is 11.4. The molecule has 5 nitrogen and oxygen atoms in total. The molecule has 0 saturated carbocycles. The number of anilines is 1. The van der Waals surface area contributed by atoms with Gasteiger partial charge in [-0.2, -0.15) is 0 Å². The number of rotatable bonds is 3. The van der Waals surface area contributed by atoms with Crippen molar-refractivity contribution in [3.8, 4) is 0 Å². The number of carbonyl (C=O) groups is 1. The summed E-state index contributed by atoms with van der Waals surface area (Å²) in [6, 6.07) is 12.4. The van der Waals surface area contributed by atoms with Crippen LogP contribution in [0.25, 0.3) is 0 Å². The van der Waals surface area contributed by atoms with Gasteiger partial charge in [0.1, 0.15) is 5.82 Å². The number of nitrogens with zero attached hydrogens (tertiary/aromatic N) is 2. The number of benzene rings is 1. The smallest absolute Gasteiger partial charge is 0.271 e. The zero-order valence-corrected chi connectivity index (χ0v) is 12.0. The molecule has 3 rings (SSSR count). The van der Waals surface area contributed by atoms with Gasteiger partial charge in [0.2, 0.25) is 0 Å². The molecule has 0 saturated heterocycles. The predicted octanol–water partition coefficient (Wildman–Crippen LogP) is 1.81. The summed E-state index contributed by atoms with van der Waals surface area (Å²) in [5.41, 5.74) is 3.17. The average molecular weight is 282 g/mol. The van der Waals surface area contributed by atoms with Gasteiger partial charge in [0, 0.05) is 13.1 Å². The molecule has 1 unspecified atom stereocenters. The molecule has 108 valence electrons. The van der Waals surface area contributed by atoms with Crippen molar-refractivity contribution in [2.24, 2.45) is 0 Å². The Balaban J connectivity index is 1.66. The molecule has 0 bridgehead atoms. The van der Waals surface area contributed by atoms with Gasteiger partial charge in [-0.1, -0.05) is 24.3 Å². The first kappa shape index (κ1) is 13.5. The highest BCUT2D eigenvalue weighted by atomic mass is 16.1. The maximum atomic E-state index is 11.4. The van der Waals surface area contributed by atoms with Gasteiger partial charge in [0.25, 0.3) is 5.91 Å². The molecule has 1 atom stereocenters. The molecule has 1 aliphatic rings. The SMILES string of the molecule is CNC(=O)c1ccc(NC2CCc3ccccc3C2)nn1. The van der Waals surface area contributed by atoms with Crippen molar-refractivity contribution < 1.29 is 4.79 Å². The molecular weight excluding hydrogens is 264 g/mol. The van der Waals surface area contributed by atoms with Crippen LogP contribution < -0.4 is 10.6 Å².